The van der Waals surface area contributed by atoms with E-state index in [1.807, 2.05) is 44.4 Å². The summed E-state index contributed by atoms with van der Waals surface area (Å²) in [5.74, 6) is 4.35. The highest BCUT2D eigenvalue weighted by molar-refractivity contribution is 5.71. The molecule has 0 atom stereocenters. The van der Waals surface area contributed by atoms with Crippen molar-refractivity contribution in [2.45, 2.75) is 40.2 Å². The SMILES string of the molecule is CC(=O)NN.CNC(=O)OC(C)(C)C.Cc1ccccc1. The number of carbonyl (C=O) groups excluding carboxylic acids is 2. The average molecular weight is 297 g/mol. The van der Waals surface area contributed by atoms with E-state index >= 15 is 0 Å². The lowest BCUT2D eigenvalue weighted by Crippen LogP contribution is -2.30. The molecule has 4 N–H and O–H groups in total. The Labute approximate surface area is 127 Å². The number of hydrogen-bond donors (Lipinski definition) is 3. The first-order valence-electron chi connectivity index (χ1n) is 6.52. The Kier molecular flexibility index (Phi) is 11.8. The number of nitrogens with two attached hydrogens (primary N) is 1. The Morgan fingerprint density at radius 1 is 1.14 bits per heavy atom. The number of benzene rings is 1. The van der Waals surface area contributed by atoms with Gasteiger partial charge in [0.25, 0.3) is 0 Å². The van der Waals surface area contributed by atoms with Crippen LogP contribution in [0.4, 0.5) is 4.79 Å². The fourth-order valence-corrected chi connectivity index (χ4v) is 0.864. The van der Waals surface area contributed by atoms with Crippen LogP contribution in [0.5, 0.6) is 0 Å². The van der Waals surface area contributed by atoms with Crippen molar-refractivity contribution in [2.24, 2.45) is 5.84 Å². The number of nitrogens with one attached hydrogen (secondary N) is 2. The Balaban J connectivity index is 0. The maximum atomic E-state index is 10.5. The van der Waals surface area contributed by atoms with E-state index in [0.717, 1.165) is 0 Å². The van der Waals surface area contributed by atoms with Gasteiger partial charge in [-0.1, -0.05) is 35.9 Å². The lowest BCUT2D eigenvalue weighted by Gasteiger charge is -2.18. The molecule has 0 saturated carbocycles. The van der Waals surface area contributed by atoms with Crippen LogP contribution in [0.2, 0.25) is 0 Å². The van der Waals surface area contributed by atoms with Gasteiger partial charge in [-0.05, 0) is 27.7 Å². The van der Waals surface area contributed by atoms with Gasteiger partial charge in [0.05, 0.1) is 0 Å². The molecule has 0 aromatic heterocycles. The molecule has 0 aliphatic rings. The second-order valence-electron chi connectivity index (χ2n) is 5.11. The molecule has 0 bridgehead atoms. The van der Waals surface area contributed by atoms with E-state index in [0.29, 0.717) is 0 Å². The highest BCUT2D eigenvalue weighted by Gasteiger charge is 2.13. The normalized spacial score (nSPS) is 9.10. The van der Waals surface area contributed by atoms with E-state index in [1.165, 1.54) is 19.5 Å². The molecule has 1 aromatic rings. The van der Waals surface area contributed by atoms with E-state index in [2.05, 4.69) is 30.2 Å². The number of aryl methyl sites for hydroxylation is 1. The van der Waals surface area contributed by atoms with Gasteiger partial charge in [0.15, 0.2) is 0 Å². The predicted octanol–water partition coefficient (Wildman–Crippen LogP) is 2.13. The Bertz CT molecular complexity index is 400. The third-order valence-corrected chi connectivity index (χ3v) is 1.75. The molecular formula is C15H27N3O3. The van der Waals surface area contributed by atoms with Crippen molar-refractivity contribution in [2.75, 3.05) is 7.05 Å². The molecule has 0 fully saturated rings. The van der Waals surface area contributed by atoms with E-state index in [-0.39, 0.29) is 17.6 Å². The lowest BCUT2D eigenvalue weighted by molar-refractivity contribution is -0.119. The number of hydrogen-bond acceptors (Lipinski definition) is 4. The summed E-state index contributed by atoms with van der Waals surface area (Å²) in [5, 5.41) is 2.36. The molecule has 0 aliphatic heterocycles. The fraction of sp³-hybridized carbons (Fsp3) is 0.467. The average Bonchev–Trinajstić information content (AvgIpc) is 2.39. The van der Waals surface area contributed by atoms with Crippen LogP contribution in [0.15, 0.2) is 30.3 Å². The molecule has 0 unspecified atom stereocenters. The zero-order valence-corrected chi connectivity index (χ0v) is 13.7. The van der Waals surface area contributed by atoms with Gasteiger partial charge >= 0.3 is 6.09 Å². The molecule has 0 spiro atoms. The first kappa shape index (κ1) is 21.2. The lowest BCUT2D eigenvalue weighted by atomic mass is 10.2. The third kappa shape index (κ3) is 20.4. The molecule has 0 saturated heterocycles. The van der Waals surface area contributed by atoms with Gasteiger partial charge in [-0.2, -0.15) is 0 Å². The van der Waals surface area contributed by atoms with Crippen molar-refractivity contribution in [3.8, 4) is 0 Å². The number of amides is 2. The highest BCUT2D eigenvalue weighted by atomic mass is 16.6. The van der Waals surface area contributed by atoms with Gasteiger partial charge in [-0.15, -0.1) is 0 Å². The Hall–Kier alpha value is -2.08. The van der Waals surface area contributed by atoms with Gasteiger partial charge in [-0.25, -0.2) is 10.6 Å². The van der Waals surface area contributed by atoms with Crippen LogP contribution in [-0.4, -0.2) is 24.6 Å². The van der Waals surface area contributed by atoms with Crippen molar-refractivity contribution in [1.29, 1.82) is 0 Å². The molecule has 0 radical (unpaired) electrons. The molecule has 0 heterocycles. The van der Waals surface area contributed by atoms with Gasteiger partial charge in [0, 0.05) is 14.0 Å². The predicted molar refractivity (Wildman–Crippen MR) is 84.5 cm³/mol. The summed E-state index contributed by atoms with van der Waals surface area (Å²) in [6.07, 6.45) is -0.387. The second kappa shape index (κ2) is 11.7. The summed E-state index contributed by atoms with van der Waals surface area (Å²) in [5.41, 5.74) is 2.82. The molecule has 120 valence electrons. The number of carbonyl (C=O) groups is 2. The first-order chi connectivity index (χ1) is 9.62. The zero-order chi connectivity index (χ0) is 16.9. The van der Waals surface area contributed by atoms with Crippen molar-refractivity contribution < 1.29 is 14.3 Å². The largest absolute Gasteiger partial charge is 0.444 e. The smallest absolute Gasteiger partial charge is 0.407 e. The molecule has 6 heteroatoms. The summed E-state index contributed by atoms with van der Waals surface area (Å²) in [4.78, 5) is 20.1. The number of rotatable bonds is 0. The summed E-state index contributed by atoms with van der Waals surface area (Å²) < 4.78 is 4.84. The van der Waals surface area contributed by atoms with Crippen LogP contribution in [0.3, 0.4) is 0 Å². The maximum absolute atomic E-state index is 10.5. The quantitative estimate of drug-likeness (QED) is 0.388. The summed E-state index contributed by atoms with van der Waals surface area (Å²) in [7, 11) is 1.54. The molecule has 1 rings (SSSR count). The highest BCUT2D eigenvalue weighted by Crippen LogP contribution is 2.05. The standard InChI is InChI=1S/C7H8.C6H13NO2.C2H6N2O/c1-7-5-3-2-4-6-7;1-6(2,3)9-5(8)7-4;1-2(5)4-3/h2-6H,1H3;1-4H3,(H,7,8);3H2,1H3,(H,4,5). The van der Waals surface area contributed by atoms with Gasteiger partial charge in [0.1, 0.15) is 5.60 Å². The minimum atomic E-state index is -0.389. The van der Waals surface area contributed by atoms with E-state index in [9.17, 15) is 9.59 Å². The Morgan fingerprint density at radius 2 is 1.57 bits per heavy atom. The molecule has 0 aliphatic carbocycles. The van der Waals surface area contributed by atoms with E-state index < -0.39 is 0 Å². The summed E-state index contributed by atoms with van der Waals surface area (Å²) >= 11 is 0. The number of ether oxygens (including phenoxy) is 1. The van der Waals surface area contributed by atoms with Crippen molar-refractivity contribution in [3.63, 3.8) is 0 Å². The van der Waals surface area contributed by atoms with Gasteiger partial charge in [0.2, 0.25) is 5.91 Å². The first-order valence-corrected chi connectivity index (χ1v) is 6.52. The van der Waals surface area contributed by atoms with Crippen LogP contribution < -0.4 is 16.6 Å². The van der Waals surface area contributed by atoms with Gasteiger partial charge in [-0.3, -0.25) is 10.2 Å². The topological polar surface area (TPSA) is 93.5 Å². The second-order valence-corrected chi connectivity index (χ2v) is 5.11. The molecule has 6 nitrogen and oxygen atoms in total. The van der Waals surface area contributed by atoms with Crippen molar-refractivity contribution >= 4 is 12.0 Å². The zero-order valence-electron chi connectivity index (χ0n) is 13.7. The maximum Gasteiger partial charge on any atom is 0.407 e. The minimum Gasteiger partial charge on any atom is -0.444 e. The van der Waals surface area contributed by atoms with Crippen LogP contribution in [0.1, 0.15) is 33.3 Å². The summed E-state index contributed by atoms with van der Waals surface area (Å²) in [6.45, 7) is 8.90. The molecule has 2 amide bonds. The van der Waals surface area contributed by atoms with Crippen LogP contribution in [0, 0.1) is 6.92 Å². The fourth-order valence-electron chi connectivity index (χ4n) is 0.864. The van der Waals surface area contributed by atoms with E-state index in [4.69, 9.17) is 4.74 Å². The van der Waals surface area contributed by atoms with Gasteiger partial charge < -0.3 is 10.1 Å². The van der Waals surface area contributed by atoms with Crippen molar-refractivity contribution in [3.05, 3.63) is 35.9 Å². The minimum absolute atomic E-state index is 0.218. The molecule has 21 heavy (non-hydrogen) atoms. The molecule has 1 aromatic carbocycles. The number of alkyl carbamates (subject to hydrolysis) is 1. The van der Waals surface area contributed by atoms with Crippen LogP contribution >= 0.6 is 0 Å². The van der Waals surface area contributed by atoms with E-state index in [1.54, 1.807) is 0 Å². The van der Waals surface area contributed by atoms with Crippen LogP contribution in [0.25, 0.3) is 0 Å². The monoisotopic (exact) mass is 297 g/mol. The summed E-state index contributed by atoms with van der Waals surface area (Å²) in [6, 6.07) is 10.3. The molecular weight excluding hydrogens is 270 g/mol. The number of hydrazine groups is 1. The third-order valence-electron chi connectivity index (χ3n) is 1.75. The van der Waals surface area contributed by atoms with Crippen molar-refractivity contribution in [1.82, 2.24) is 10.7 Å². The van der Waals surface area contributed by atoms with Crippen LogP contribution in [-0.2, 0) is 9.53 Å². The Morgan fingerprint density at radius 3 is 1.71 bits per heavy atom.